The summed E-state index contributed by atoms with van der Waals surface area (Å²) in [6, 6.07) is 15.3. The van der Waals surface area contributed by atoms with E-state index in [0.717, 1.165) is 55.7 Å². The SMILES string of the molecule is COc1ccc(C(=O)N(CC(C)(C)C)c2cccc(C)n2)c(N2CCC(COc3cc([C@H](CC(=O)O)C4CC4)ccn3)CC2)c1. The van der Waals surface area contributed by atoms with Gasteiger partial charge in [-0.1, -0.05) is 26.8 Å². The number of benzene rings is 1. The highest BCUT2D eigenvalue weighted by Gasteiger charge is 2.34. The van der Waals surface area contributed by atoms with Crippen molar-refractivity contribution in [1.29, 1.82) is 0 Å². The second kappa shape index (κ2) is 13.9. The van der Waals surface area contributed by atoms with Crippen LogP contribution in [0.5, 0.6) is 11.6 Å². The summed E-state index contributed by atoms with van der Waals surface area (Å²) in [7, 11) is 1.64. The van der Waals surface area contributed by atoms with Crippen LogP contribution < -0.4 is 19.3 Å². The number of hydrogen-bond donors (Lipinski definition) is 1. The molecular weight excluding hydrogens is 568 g/mol. The summed E-state index contributed by atoms with van der Waals surface area (Å²) in [5.74, 6) is 1.84. The zero-order valence-electron chi connectivity index (χ0n) is 27.2. The third-order valence-electron chi connectivity index (χ3n) is 8.66. The van der Waals surface area contributed by atoms with Gasteiger partial charge < -0.3 is 19.5 Å². The van der Waals surface area contributed by atoms with Gasteiger partial charge in [0.1, 0.15) is 11.6 Å². The van der Waals surface area contributed by atoms with Gasteiger partial charge in [0.05, 0.1) is 31.4 Å². The summed E-state index contributed by atoms with van der Waals surface area (Å²) in [6.45, 7) is 10.9. The van der Waals surface area contributed by atoms with Crippen molar-refractivity contribution in [2.45, 2.75) is 65.7 Å². The number of amides is 1. The van der Waals surface area contributed by atoms with Crippen molar-refractivity contribution in [3.05, 3.63) is 71.5 Å². The van der Waals surface area contributed by atoms with Gasteiger partial charge in [-0.05, 0) is 91.7 Å². The molecule has 1 amide bonds. The molecule has 0 spiro atoms. The Bertz CT molecular complexity index is 1490. The first kappa shape index (κ1) is 32.3. The van der Waals surface area contributed by atoms with Crippen LogP contribution in [-0.2, 0) is 4.79 Å². The summed E-state index contributed by atoms with van der Waals surface area (Å²) in [6.07, 6.45) is 5.82. The fraction of sp³-hybridized carbons (Fsp3) is 0.500. The number of methoxy groups -OCH3 is 1. The van der Waals surface area contributed by atoms with Crippen molar-refractivity contribution < 1.29 is 24.2 Å². The van der Waals surface area contributed by atoms with Gasteiger partial charge in [-0.25, -0.2) is 9.97 Å². The van der Waals surface area contributed by atoms with Crippen molar-refractivity contribution in [2.24, 2.45) is 17.3 Å². The summed E-state index contributed by atoms with van der Waals surface area (Å²) in [4.78, 5) is 38.9. The van der Waals surface area contributed by atoms with Gasteiger partial charge >= 0.3 is 5.97 Å². The highest BCUT2D eigenvalue weighted by atomic mass is 16.5. The summed E-state index contributed by atoms with van der Waals surface area (Å²) >= 11 is 0. The number of aliphatic carboxylic acids is 1. The van der Waals surface area contributed by atoms with E-state index in [1.807, 2.05) is 55.5 Å². The molecule has 1 aromatic carbocycles. The first-order valence-corrected chi connectivity index (χ1v) is 16.0. The van der Waals surface area contributed by atoms with Gasteiger partial charge in [0, 0.05) is 43.7 Å². The van der Waals surface area contributed by atoms with Gasteiger partial charge in [0.25, 0.3) is 5.91 Å². The first-order valence-electron chi connectivity index (χ1n) is 16.0. The van der Waals surface area contributed by atoms with E-state index in [4.69, 9.17) is 14.5 Å². The van der Waals surface area contributed by atoms with E-state index in [-0.39, 0.29) is 23.7 Å². The number of carbonyl (C=O) groups excluding carboxylic acids is 1. The molecule has 9 heteroatoms. The average Bonchev–Trinajstić information content (AvgIpc) is 3.86. The molecule has 3 aromatic rings. The van der Waals surface area contributed by atoms with Crippen LogP contribution in [0.25, 0.3) is 0 Å². The fourth-order valence-electron chi connectivity index (χ4n) is 6.16. The minimum atomic E-state index is -0.771. The lowest BCUT2D eigenvalue weighted by Gasteiger charge is -2.36. The monoisotopic (exact) mass is 614 g/mol. The molecule has 2 aromatic heterocycles. The molecule has 9 nitrogen and oxygen atoms in total. The molecule has 3 heterocycles. The molecule has 1 saturated heterocycles. The van der Waals surface area contributed by atoms with Crippen molar-refractivity contribution in [3.63, 3.8) is 0 Å². The number of carboxylic acids is 1. The molecule has 0 radical (unpaired) electrons. The lowest BCUT2D eigenvalue weighted by molar-refractivity contribution is -0.137. The molecule has 0 bridgehead atoms. The number of piperidine rings is 1. The second-order valence-corrected chi connectivity index (χ2v) is 13.7. The molecule has 1 aliphatic carbocycles. The minimum Gasteiger partial charge on any atom is -0.497 e. The van der Waals surface area contributed by atoms with Gasteiger partial charge in [-0.15, -0.1) is 0 Å². The average molecular weight is 615 g/mol. The van der Waals surface area contributed by atoms with Crippen molar-refractivity contribution in [3.8, 4) is 11.6 Å². The summed E-state index contributed by atoms with van der Waals surface area (Å²) in [5, 5.41) is 9.40. The smallest absolute Gasteiger partial charge is 0.303 e. The van der Waals surface area contributed by atoms with Crippen LogP contribution in [0.1, 0.15) is 80.4 Å². The summed E-state index contributed by atoms with van der Waals surface area (Å²) in [5.41, 5.74) is 3.23. The maximum Gasteiger partial charge on any atom is 0.303 e. The molecule has 45 heavy (non-hydrogen) atoms. The van der Waals surface area contributed by atoms with E-state index in [0.29, 0.717) is 48.0 Å². The standard InChI is InChI=1S/C36H46N4O5/c1-24-7-6-8-32(38-24)40(23-36(2,3)4)35(43)29-12-11-28(44-5)20-31(29)39-17-14-25(15-18-39)22-45-33-19-27(13-16-37-33)30(21-34(41)42)26-9-10-26/h6-8,11-13,16,19-20,25-26,30H,9-10,14-15,17-18,21-23H2,1-5H3,(H,41,42)/t30-/m1/s1. The predicted octanol–water partition coefficient (Wildman–Crippen LogP) is 6.75. The molecule has 240 valence electrons. The lowest BCUT2D eigenvalue weighted by atomic mass is 9.92. The molecule has 1 atom stereocenters. The number of pyridine rings is 2. The number of aromatic nitrogens is 2. The molecule has 1 saturated carbocycles. The Kier molecular flexibility index (Phi) is 9.95. The molecule has 1 aliphatic heterocycles. The Labute approximate surface area is 266 Å². The fourth-order valence-corrected chi connectivity index (χ4v) is 6.16. The van der Waals surface area contributed by atoms with Gasteiger partial charge in [0.2, 0.25) is 5.88 Å². The Morgan fingerprint density at radius 1 is 1.07 bits per heavy atom. The normalized spacial score (nSPS) is 16.2. The Morgan fingerprint density at radius 3 is 2.47 bits per heavy atom. The Hall–Kier alpha value is -4.14. The third kappa shape index (κ3) is 8.53. The Morgan fingerprint density at radius 2 is 1.82 bits per heavy atom. The quantitative estimate of drug-likeness (QED) is 0.239. The number of aryl methyl sites for hydroxylation is 1. The zero-order valence-corrected chi connectivity index (χ0v) is 27.2. The number of rotatable bonds is 12. The van der Waals surface area contributed by atoms with Gasteiger partial charge in [-0.2, -0.15) is 0 Å². The van der Waals surface area contributed by atoms with E-state index in [1.165, 1.54) is 0 Å². The molecule has 2 aliphatic rings. The van der Waals surface area contributed by atoms with E-state index < -0.39 is 5.97 Å². The first-order chi connectivity index (χ1) is 21.5. The molecule has 5 rings (SSSR count). The maximum atomic E-state index is 14.3. The number of carbonyl (C=O) groups is 2. The van der Waals surface area contributed by atoms with Crippen LogP contribution in [0.3, 0.4) is 0 Å². The van der Waals surface area contributed by atoms with Crippen LogP contribution in [0, 0.1) is 24.2 Å². The Balaban J connectivity index is 1.28. The zero-order chi connectivity index (χ0) is 32.1. The lowest BCUT2D eigenvalue weighted by Crippen LogP contribution is -2.41. The van der Waals surface area contributed by atoms with Crippen molar-refractivity contribution in [2.75, 3.05) is 43.2 Å². The van der Waals surface area contributed by atoms with Crippen LogP contribution in [0.2, 0.25) is 0 Å². The van der Waals surface area contributed by atoms with Crippen LogP contribution in [-0.4, -0.2) is 60.3 Å². The van der Waals surface area contributed by atoms with E-state index in [9.17, 15) is 14.7 Å². The molecule has 1 N–H and O–H groups in total. The van der Waals surface area contributed by atoms with Crippen LogP contribution in [0.15, 0.2) is 54.7 Å². The highest BCUT2D eigenvalue weighted by Crippen LogP contribution is 2.45. The van der Waals surface area contributed by atoms with Gasteiger partial charge in [0.15, 0.2) is 0 Å². The largest absolute Gasteiger partial charge is 0.497 e. The summed E-state index contributed by atoms with van der Waals surface area (Å²) < 4.78 is 11.7. The number of nitrogens with zero attached hydrogens (tertiary/aromatic N) is 4. The van der Waals surface area contributed by atoms with E-state index >= 15 is 0 Å². The number of carboxylic acid groups (broad SMARTS) is 1. The third-order valence-corrected chi connectivity index (χ3v) is 8.66. The van der Waals surface area contributed by atoms with Crippen molar-refractivity contribution in [1.82, 2.24) is 9.97 Å². The molecular formula is C36H46N4O5. The van der Waals surface area contributed by atoms with Crippen LogP contribution >= 0.6 is 0 Å². The highest BCUT2D eigenvalue weighted by molar-refractivity contribution is 6.09. The second-order valence-electron chi connectivity index (χ2n) is 13.7. The van der Waals surface area contributed by atoms with E-state index in [2.05, 4.69) is 30.7 Å². The number of anilines is 2. The number of ether oxygens (including phenoxy) is 2. The minimum absolute atomic E-state index is 0.0110. The van der Waals surface area contributed by atoms with Crippen LogP contribution in [0.4, 0.5) is 11.5 Å². The predicted molar refractivity (Wildman–Crippen MR) is 175 cm³/mol. The molecule has 0 unspecified atom stereocenters. The number of hydrogen-bond acceptors (Lipinski definition) is 7. The van der Waals surface area contributed by atoms with Crippen molar-refractivity contribution >= 4 is 23.4 Å². The van der Waals surface area contributed by atoms with E-state index in [1.54, 1.807) is 18.2 Å². The van der Waals surface area contributed by atoms with Gasteiger partial charge in [-0.3, -0.25) is 14.5 Å². The maximum absolute atomic E-state index is 14.3. The molecule has 2 fully saturated rings. The topological polar surface area (TPSA) is 105 Å².